The summed E-state index contributed by atoms with van der Waals surface area (Å²) in [4.78, 5) is 17.9. The highest BCUT2D eigenvalue weighted by atomic mass is 32.1. The van der Waals surface area contributed by atoms with Gasteiger partial charge in [-0.05, 0) is 76.2 Å². The molecule has 0 atom stereocenters. The van der Waals surface area contributed by atoms with Crippen LogP contribution in [0.25, 0.3) is 21.8 Å². The summed E-state index contributed by atoms with van der Waals surface area (Å²) < 4.78 is 5.34. The normalized spacial score (nSPS) is 17.8. The summed E-state index contributed by atoms with van der Waals surface area (Å²) in [6.45, 7) is 2.25. The fraction of sp³-hybridized carbons (Fsp3) is 0.435. The molecule has 7 heteroatoms. The molecule has 0 bridgehead atoms. The number of nitrogens with one attached hydrogen (secondary N) is 1. The third-order valence-corrected chi connectivity index (χ3v) is 7.11. The Morgan fingerprint density at radius 1 is 1.03 bits per heavy atom. The Hall–Kier alpha value is -2.51. The molecule has 1 N–H and O–H groups in total. The molecule has 1 aromatic carbocycles. The molecular formula is C23H27N5OS. The van der Waals surface area contributed by atoms with Gasteiger partial charge in [-0.25, -0.2) is 15.0 Å². The minimum atomic E-state index is 0.517. The summed E-state index contributed by atoms with van der Waals surface area (Å²) in [5.74, 6) is 2.08. The number of ether oxygens (including phenoxy) is 1. The number of rotatable bonds is 6. The molecule has 3 aromatic rings. The van der Waals surface area contributed by atoms with Crippen LogP contribution in [0.2, 0.25) is 0 Å². The maximum atomic E-state index is 5.34. The Balaban J connectivity index is 1.53. The largest absolute Gasteiger partial charge is 0.497 e. The van der Waals surface area contributed by atoms with E-state index in [0.29, 0.717) is 17.9 Å². The fourth-order valence-electron chi connectivity index (χ4n) is 3.85. The maximum absolute atomic E-state index is 5.34. The van der Waals surface area contributed by atoms with E-state index >= 15 is 0 Å². The average Bonchev–Trinajstić information content (AvgIpc) is 3.48. The molecule has 1 aliphatic carbocycles. The van der Waals surface area contributed by atoms with Gasteiger partial charge in [0.15, 0.2) is 0 Å². The van der Waals surface area contributed by atoms with Gasteiger partial charge < -0.3 is 15.0 Å². The van der Waals surface area contributed by atoms with E-state index in [9.17, 15) is 0 Å². The van der Waals surface area contributed by atoms with Crippen molar-refractivity contribution in [3.8, 4) is 27.6 Å². The maximum Gasteiger partial charge on any atom is 0.223 e. The van der Waals surface area contributed by atoms with E-state index in [4.69, 9.17) is 14.7 Å². The van der Waals surface area contributed by atoms with E-state index in [1.807, 2.05) is 24.4 Å². The zero-order chi connectivity index (χ0) is 20.5. The minimum Gasteiger partial charge on any atom is -0.497 e. The molecule has 156 valence electrons. The quantitative estimate of drug-likeness (QED) is 0.625. The Morgan fingerprint density at radius 3 is 2.50 bits per heavy atom. The second-order valence-corrected chi connectivity index (χ2v) is 9.25. The van der Waals surface area contributed by atoms with Crippen LogP contribution in [0.1, 0.15) is 36.6 Å². The second-order valence-electron chi connectivity index (χ2n) is 8.22. The lowest BCUT2D eigenvalue weighted by atomic mass is 9.98. The predicted molar refractivity (Wildman–Crippen MR) is 121 cm³/mol. The predicted octanol–water partition coefficient (Wildman–Crippen LogP) is 4.66. The topological polar surface area (TPSA) is 63.2 Å². The third kappa shape index (κ3) is 4.18. The first-order valence-electron chi connectivity index (χ1n) is 10.6. The first-order valence-corrected chi connectivity index (χ1v) is 11.4. The molecule has 5 rings (SSSR count). The first-order chi connectivity index (χ1) is 14.7. The van der Waals surface area contributed by atoms with Gasteiger partial charge in [-0.1, -0.05) is 0 Å². The lowest BCUT2D eigenvalue weighted by Gasteiger charge is -2.27. The third-order valence-electron chi connectivity index (χ3n) is 5.87. The Bertz CT molecular complexity index is 1010. The van der Waals surface area contributed by atoms with Crippen molar-refractivity contribution in [3.63, 3.8) is 0 Å². The number of benzene rings is 1. The van der Waals surface area contributed by atoms with Gasteiger partial charge in [0.25, 0.3) is 0 Å². The van der Waals surface area contributed by atoms with E-state index < -0.39 is 0 Å². The number of aromatic nitrogens is 3. The van der Waals surface area contributed by atoms with Crippen LogP contribution in [0.4, 0.5) is 5.95 Å². The van der Waals surface area contributed by atoms with Crippen molar-refractivity contribution in [2.24, 2.45) is 0 Å². The highest BCUT2D eigenvalue weighted by molar-refractivity contribution is 7.15. The molecule has 0 unspecified atom stereocenters. The van der Waals surface area contributed by atoms with Gasteiger partial charge in [0.1, 0.15) is 5.75 Å². The molecule has 6 nitrogen and oxygen atoms in total. The number of anilines is 1. The van der Waals surface area contributed by atoms with Crippen LogP contribution in [0.5, 0.6) is 5.75 Å². The van der Waals surface area contributed by atoms with Gasteiger partial charge in [-0.15, -0.1) is 11.3 Å². The molecule has 2 aromatic heterocycles. The number of thiazole rings is 1. The molecule has 1 saturated carbocycles. The zero-order valence-corrected chi connectivity index (χ0v) is 18.3. The number of hydrogen-bond acceptors (Lipinski definition) is 7. The Kier molecular flexibility index (Phi) is 5.39. The molecule has 30 heavy (non-hydrogen) atoms. The molecule has 0 amide bonds. The summed E-state index contributed by atoms with van der Waals surface area (Å²) in [6.07, 6.45) is 6.56. The van der Waals surface area contributed by atoms with Gasteiger partial charge in [0.05, 0.1) is 28.4 Å². The molecule has 1 saturated heterocycles. The highest BCUT2D eigenvalue weighted by Gasteiger charge is 2.26. The van der Waals surface area contributed by atoms with Crippen molar-refractivity contribution in [1.29, 1.82) is 0 Å². The molecule has 0 radical (unpaired) electrons. The van der Waals surface area contributed by atoms with Crippen molar-refractivity contribution >= 4 is 17.3 Å². The van der Waals surface area contributed by atoms with Crippen molar-refractivity contribution in [1.82, 2.24) is 19.9 Å². The van der Waals surface area contributed by atoms with Crippen molar-refractivity contribution < 1.29 is 4.74 Å². The van der Waals surface area contributed by atoms with Crippen LogP contribution in [0.3, 0.4) is 0 Å². The average molecular weight is 422 g/mol. The summed E-state index contributed by atoms with van der Waals surface area (Å²) in [6, 6.07) is 10.7. The number of piperidine rings is 1. The van der Waals surface area contributed by atoms with Gasteiger partial charge in [-0.2, -0.15) is 0 Å². The van der Waals surface area contributed by atoms with Gasteiger partial charge >= 0.3 is 0 Å². The number of hydrogen-bond donors (Lipinski definition) is 1. The number of nitrogens with zero attached hydrogens (tertiary/aromatic N) is 4. The highest BCUT2D eigenvalue weighted by Crippen LogP contribution is 2.41. The lowest BCUT2D eigenvalue weighted by Crippen LogP contribution is -2.29. The molecule has 2 fully saturated rings. The minimum absolute atomic E-state index is 0.517. The van der Waals surface area contributed by atoms with E-state index in [1.54, 1.807) is 18.4 Å². The molecule has 2 aliphatic rings. The van der Waals surface area contributed by atoms with Crippen LogP contribution in [0, 0.1) is 0 Å². The van der Waals surface area contributed by atoms with Crippen LogP contribution in [0.15, 0.2) is 36.5 Å². The van der Waals surface area contributed by atoms with E-state index in [-0.39, 0.29) is 0 Å². The lowest BCUT2D eigenvalue weighted by molar-refractivity contribution is 0.255. The van der Waals surface area contributed by atoms with E-state index in [0.717, 1.165) is 53.5 Å². The molecule has 1 aliphatic heterocycles. The Labute approximate surface area is 181 Å². The Morgan fingerprint density at radius 2 is 1.80 bits per heavy atom. The number of likely N-dealkylation sites (tertiary alicyclic amines) is 1. The zero-order valence-electron chi connectivity index (χ0n) is 17.5. The van der Waals surface area contributed by atoms with Crippen LogP contribution < -0.4 is 10.1 Å². The smallest absolute Gasteiger partial charge is 0.223 e. The summed E-state index contributed by atoms with van der Waals surface area (Å²) in [7, 11) is 3.89. The summed E-state index contributed by atoms with van der Waals surface area (Å²) in [5, 5.41) is 4.64. The van der Waals surface area contributed by atoms with Crippen LogP contribution in [-0.4, -0.2) is 53.1 Å². The standard InChI is InChI=1S/C23H27N5OS/c1-28-13-10-16(11-14-28)22-27-20(15-3-7-18(29-2)8-4-15)21(30-22)19-9-12-24-23(26-19)25-17-5-6-17/h3-4,7-9,12,16-17H,5-6,10-11,13-14H2,1-2H3,(H,24,25,26). The monoisotopic (exact) mass is 421 g/mol. The summed E-state index contributed by atoms with van der Waals surface area (Å²) in [5.41, 5.74) is 3.04. The fourth-order valence-corrected chi connectivity index (χ4v) is 5.08. The molecule has 0 spiro atoms. The van der Waals surface area contributed by atoms with Crippen molar-refractivity contribution in [3.05, 3.63) is 41.5 Å². The summed E-state index contributed by atoms with van der Waals surface area (Å²) >= 11 is 1.79. The second kappa shape index (κ2) is 8.32. The van der Waals surface area contributed by atoms with Gasteiger partial charge in [0, 0.05) is 23.7 Å². The van der Waals surface area contributed by atoms with Crippen LogP contribution >= 0.6 is 11.3 Å². The van der Waals surface area contributed by atoms with Gasteiger partial charge in [-0.3, -0.25) is 0 Å². The van der Waals surface area contributed by atoms with E-state index in [1.165, 1.54) is 17.8 Å². The first kappa shape index (κ1) is 19.5. The number of methoxy groups -OCH3 is 1. The van der Waals surface area contributed by atoms with Crippen molar-refractivity contribution in [2.75, 3.05) is 32.6 Å². The van der Waals surface area contributed by atoms with Crippen molar-refractivity contribution in [2.45, 2.75) is 37.6 Å². The molecule has 3 heterocycles. The van der Waals surface area contributed by atoms with Gasteiger partial charge in [0.2, 0.25) is 5.95 Å². The SMILES string of the molecule is COc1ccc(-c2nc(C3CCN(C)CC3)sc2-c2ccnc(NC3CC3)n2)cc1. The van der Waals surface area contributed by atoms with Crippen LogP contribution in [-0.2, 0) is 0 Å². The van der Waals surface area contributed by atoms with E-state index in [2.05, 4.69) is 34.4 Å². The molecular weight excluding hydrogens is 394 g/mol.